The van der Waals surface area contributed by atoms with Crippen LogP contribution < -0.4 is 11.1 Å². The van der Waals surface area contributed by atoms with Gasteiger partial charge in [-0.3, -0.25) is 14.5 Å². The van der Waals surface area contributed by atoms with Gasteiger partial charge in [-0.25, -0.2) is 14.3 Å². The van der Waals surface area contributed by atoms with Crippen LogP contribution in [0.4, 0.5) is 5.13 Å². The number of carbonyl (C=O) groups is 4. The number of ether oxygens (including phenoxy) is 1. The molecule has 2 unspecified atom stereocenters. The van der Waals surface area contributed by atoms with Crippen molar-refractivity contribution in [3.8, 4) is 0 Å². The predicted octanol–water partition coefficient (Wildman–Crippen LogP) is -0.114. The van der Waals surface area contributed by atoms with Crippen LogP contribution in [0.5, 0.6) is 0 Å². The Hall–Kier alpha value is -4.04. The molecule has 0 aliphatic carbocycles. The number of carbonyl (C=O) groups excluding carboxylic acids is 3. The van der Waals surface area contributed by atoms with E-state index in [9.17, 15) is 24.3 Å². The largest absolute Gasteiger partial charge is 0.477 e. The molecular weight excluding hydrogens is 613 g/mol. The van der Waals surface area contributed by atoms with Crippen molar-refractivity contribution in [3.63, 3.8) is 0 Å². The standard InChI is InChI=1S/C22H26N10O7S3/c1-5-6-31-21(26-29-30-31)41-9-10-8-40-18-13(17(35)32(18)14(10)19(36)37)24-16(34)12(15-25-20(23)42-28-15)27-38-7-11(33)39-22(2,3)4/h5,13,18H,1,6-9H2,2-4H3,(H,24,34)(H,36,37)(H2,23,25,28)/b27-12+. The molecule has 42 heavy (non-hydrogen) atoms. The summed E-state index contributed by atoms with van der Waals surface area (Å²) in [7, 11) is 0. The number of amides is 2. The quantitative estimate of drug-likeness (QED) is 0.0687. The third kappa shape index (κ3) is 7.05. The highest BCUT2D eigenvalue weighted by atomic mass is 32.2. The average Bonchev–Trinajstić information content (AvgIpc) is 3.55. The first-order valence-electron chi connectivity index (χ1n) is 12.1. The van der Waals surface area contributed by atoms with E-state index in [0.717, 1.165) is 16.4 Å². The molecule has 4 heterocycles. The van der Waals surface area contributed by atoms with E-state index in [2.05, 4.69) is 41.9 Å². The number of fused-ring (bicyclic) bond motifs is 1. The van der Waals surface area contributed by atoms with E-state index in [1.807, 2.05) is 0 Å². The molecule has 2 aliphatic rings. The Morgan fingerprint density at radius 2 is 2.12 bits per heavy atom. The molecule has 2 aromatic heterocycles. The molecule has 0 radical (unpaired) electrons. The summed E-state index contributed by atoms with van der Waals surface area (Å²) in [6, 6.07) is -1.07. The maximum absolute atomic E-state index is 13.2. The van der Waals surface area contributed by atoms with Crippen LogP contribution in [-0.2, 0) is 35.3 Å². The highest BCUT2D eigenvalue weighted by Crippen LogP contribution is 2.41. The molecule has 0 aromatic carbocycles. The van der Waals surface area contributed by atoms with Gasteiger partial charge in [0.2, 0.25) is 23.3 Å². The van der Waals surface area contributed by atoms with Crippen molar-refractivity contribution in [2.75, 3.05) is 23.8 Å². The van der Waals surface area contributed by atoms with E-state index in [4.69, 9.17) is 15.3 Å². The van der Waals surface area contributed by atoms with Crippen LogP contribution >= 0.6 is 35.1 Å². The number of aromatic nitrogens is 6. The molecule has 0 spiro atoms. The number of nitrogens with two attached hydrogens (primary N) is 1. The van der Waals surface area contributed by atoms with Crippen LogP contribution in [0.25, 0.3) is 0 Å². The Balaban J connectivity index is 1.46. The molecule has 20 heteroatoms. The Kier molecular flexibility index (Phi) is 9.46. The third-order valence-electron chi connectivity index (χ3n) is 5.34. The second-order valence-corrected chi connectivity index (χ2v) is 12.4. The van der Waals surface area contributed by atoms with Gasteiger partial charge >= 0.3 is 11.9 Å². The van der Waals surface area contributed by atoms with Gasteiger partial charge < -0.3 is 25.7 Å². The number of hydrogen-bond donors (Lipinski definition) is 3. The SMILES string of the molecule is C=CCn1nnnc1SCC1=C(C(=O)O)N2C(=O)C(NC(=O)/C(=N/OCC(=O)OC(C)(C)C)c3nsc(N)n3)C2SC1. The number of rotatable bonds is 12. The number of oxime groups is 1. The van der Waals surface area contributed by atoms with Gasteiger partial charge in [-0.05, 0) is 36.8 Å². The second kappa shape index (κ2) is 12.9. The zero-order valence-electron chi connectivity index (χ0n) is 22.5. The fourth-order valence-corrected chi connectivity index (χ4v) is 6.53. The summed E-state index contributed by atoms with van der Waals surface area (Å²) in [6.45, 7) is 8.47. The summed E-state index contributed by atoms with van der Waals surface area (Å²) in [5, 5.41) is 27.4. The lowest BCUT2D eigenvalue weighted by Crippen LogP contribution is -2.71. The summed E-state index contributed by atoms with van der Waals surface area (Å²) in [6.07, 6.45) is 1.62. The van der Waals surface area contributed by atoms with Crippen molar-refractivity contribution in [2.45, 2.75) is 49.5 Å². The maximum Gasteiger partial charge on any atom is 0.352 e. The fraction of sp³-hybridized carbons (Fsp3) is 0.455. The lowest BCUT2D eigenvalue weighted by molar-refractivity contribution is -0.160. The van der Waals surface area contributed by atoms with Crippen LogP contribution in [0.15, 0.2) is 34.2 Å². The van der Waals surface area contributed by atoms with Gasteiger partial charge in [0.25, 0.3) is 11.8 Å². The lowest BCUT2D eigenvalue weighted by atomic mass is 10.0. The predicted molar refractivity (Wildman–Crippen MR) is 151 cm³/mol. The van der Waals surface area contributed by atoms with E-state index >= 15 is 0 Å². The highest BCUT2D eigenvalue weighted by molar-refractivity contribution is 8.01. The number of esters is 1. The zero-order valence-corrected chi connectivity index (χ0v) is 25.0. The third-order valence-corrected chi connectivity index (χ3v) is 8.27. The second-order valence-electron chi connectivity index (χ2n) is 9.60. The molecule has 0 saturated carbocycles. The topological polar surface area (TPSA) is 230 Å². The first-order chi connectivity index (χ1) is 19.9. The molecule has 2 aromatic rings. The Morgan fingerprint density at radius 3 is 2.76 bits per heavy atom. The molecule has 4 rings (SSSR count). The number of carboxylic acids is 1. The van der Waals surface area contributed by atoms with E-state index in [0.29, 0.717) is 17.3 Å². The molecule has 224 valence electrons. The maximum atomic E-state index is 13.2. The lowest BCUT2D eigenvalue weighted by Gasteiger charge is -2.49. The molecule has 1 saturated heterocycles. The first kappa shape index (κ1) is 30.9. The van der Waals surface area contributed by atoms with E-state index in [1.54, 1.807) is 26.8 Å². The van der Waals surface area contributed by atoms with Crippen molar-refractivity contribution < 1.29 is 33.9 Å². The summed E-state index contributed by atoms with van der Waals surface area (Å²) in [4.78, 5) is 60.6. The monoisotopic (exact) mass is 638 g/mol. The summed E-state index contributed by atoms with van der Waals surface area (Å²) < 4.78 is 10.6. The number of aliphatic carboxylic acids is 1. The average molecular weight is 639 g/mol. The van der Waals surface area contributed by atoms with Gasteiger partial charge in [0.1, 0.15) is 22.7 Å². The first-order valence-corrected chi connectivity index (χ1v) is 14.9. The Morgan fingerprint density at radius 1 is 1.36 bits per heavy atom. The number of nitrogens with zero attached hydrogens (tertiary/aromatic N) is 8. The van der Waals surface area contributed by atoms with Gasteiger partial charge in [-0.15, -0.1) is 23.4 Å². The zero-order chi connectivity index (χ0) is 30.6. The van der Waals surface area contributed by atoms with E-state index in [1.165, 1.54) is 28.2 Å². The molecule has 0 bridgehead atoms. The molecule has 1 fully saturated rings. The Labute approximate surface area is 251 Å². The van der Waals surface area contributed by atoms with E-state index < -0.39 is 53.1 Å². The number of thioether (sulfide) groups is 2. The number of hydrogen-bond acceptors (Lipinski definition) is 16. The summed E-state index contributed by atoms with van der Waals surface area (Å²) >= 11 is 3.32. The highest BCUT2D eigenvalue weighted by Gasteiger charge is 2.54. The van der Waals surface area contributed by atoms with Crippen molar-refractivity contribution in [1.82, 2.24) is 39.8 Å². The van der Waals surface area contributed by atoms with Crippen LogP contribution in [0, 0.1) is 0 Å². The molecule has 2 atom stereocenters. The molecular formula is C22H26N10O7S3. The molecule has 2 amide bonds. The van der Waals surface area contributed by atoms with Gasteiger partial charge in [0, 0.05) is 23.0 Å². The van der Waals surface area contributed by atoms with Crippen molar-refractivity contribution in [3.05, 3.63) is 29.7 Å². The number of nitrogen functional groups attached to an aromatic ring is 1. The van der Waals surface area contributed by atoms with E-state index in [-0.39, 0.29) is 28.2 Å². The minimum Gasteiger partial charge on any atom is -0.477 e. The number of allylic oxidation sites excluding steroid dienone is 1. The van der Waals surface area contributed by atoms with Gasteiger partial charge in [0.15, 0.2) is 5.13 Å². The molecule has 4 N–H and O–H groups in total. The van der Waals surface area contributed by atoms with Crippen LogP contribution in [0.1, 0.15) is 26.6 Å². The van der Waals surface area contributed by atoms with Crippen molar-refractivity contribution in [1.29, 1.82) is 0 Å². The van der Waals surface area contributed by atoms with Gasteiger partial charge in [-0.1, -0.05) is 23.0 Å². The minimum atomic E-state index is -1.28. The molecule has 2 aliphatic heterocycles. The van der Waals surface area contributed by atoms with Crippen molar-refractivity contribution in [2.24, 2.45) is 5.16 Å². The smallest absolute Gasteiger partial charge is 0.352 e. The van der Waals surface area contributed by atoms with Crippen LogP contribution in [0.3, 0.4) is 0 Å². The normalized spacial score (nSPS) is 18.7. The van der Waals surface area contributed by atoms with Crippen LogP contribution in [-0.4, -0.2) is 104 Å². The number of tetrazole rings is 1. The fourth-order valence-electron chi connectivity index (χ4n) is 3.73. The van der Waals surface area contributed by atoms with Crippen LogP contribution in [0.2, 0.25) is 0 Å². The minimum absolute atomic E-state index is 0.0477. The number of nitrogens with one attached hydrogen (secondary N) is 1. The van der Waals surface area contributed by atoms with Gasteiger partial charge in [-0.2, -0.15) is 9.36 Å². The Bertz CT molecular complexity index is 1460. The summed E-state index contributed by atoms with van der Waals surface area (Å²) in [5.41, 5.74) is 4.80. The number of carboxylic acid groups (broad SMARTS) is 1. The summed E-state index contributed by atoms with van der Waals surface area (Å²) in [5.74, 6) is -3.18. The van der Waals surface area contributed by atoms with Gasteiger partial charge in [0.05, 0.1) is 6.54 Å². The molecule has 17 nitrogen and oxygen atoms in total. The van der Waals surface area contributed by atoms with Crippen molar-refractivity contribution >= 4 is 69.7 Å². The number of β-lactam (4-membered cyclic amide) rings is 1. The number of anilines is 1.